The van der Waals surface area contributed by atoms with Gasteiger partial charge in [-0.25, -0.2) is 13.4 Å². The number of benzene rings is 1. The molecule has 0 spiro atoms. The Morgan fingerprint density at radius 1 is 1.28 bits per heavy atom. The number of hydrogen-bond donors (Lipinski definition) is 0. The average Bonchev–Trinajstić information content (AvgIpc) is 3.12. The molecule has 29 heavy (non-hydrogen) atoms. The van der Waals surface area contributed by atoms with Crippen molar-refractivity contribution in [3.05, 3.63) is 41.9 Å². The standard InChI is InChI=1S/C21H27N3O4S/c1-29(26,27)15-28-12-11-23-14-22-18-13-17(8-9-20(18)23)21(25)24-10-4-6-16-5-2-3-7-19(16)24/h7-9,13-14,16H,2-6,10-12,15H2,1H3. The number of carbonyl (C=O) groups excluding carboxylic acids is 1. The molecule has 2 heterocycles. The second-order valence-electron chi connectivity index (χ2n) is 7.95. The molecule has 1 aliphatic heterocycles. The Morgan fingerprint density at radius 3 is 2.93 bits per heavy atom. The molecule has 156 valence electrons. The minimum absolute atomic E-state index is 0.0517. The van der Waals surface area contributed by atoms with E-state index in [9.17, 15) is 13.2 Å². The molecule has 1 aromatic carbocycles. The largest absolute Gasteiger partial charge is 0.364 e. The van der Waals surface area contributed by atoms with Gasteiger partial charge in [0.25, 0.3) is 5.91 Å². The van der Waals surface area contributed by atoms with Gasteiger partial charge in [-0.3, -0.25) is 4.79 Å². The Kier molecular flexibility index (Phi) is 5.74. The van der Waals surface area contributed by atoms with Crippen LogP contribution in [0.3, 0.4) is 0 Å². The number of ether oxygens (including phenoxy) is 1. The molecule has 0 bridgehead atoms. The lowest BCUT2D eigenvalue weighted by Crippen LogP contribution is -2.38. The van der Waals surface area contributed by atoms with Crippen molar-refractivity contribution in [3.63, 3.8) is 0 Å². The van der Waals surface area contributed by atoms with Crippen LogP contribution in [0.5, 0.6) is 0 Å². The van der Waals surface area contributed by atoms with E-state index in [0.717, 1.165) is 36.7 Å². The molecule has 8 heteroatoms. The van der Waals surface area contributed by atoms with Crippen LogP contribution in [0.4, 0.5) is 0 Å². The molecule has 0 N–H and O–H groups in total. The van der Waals surface area contributed by atoms with Crippen molar-refractivity contribution in [2.45, 2.75) is 38.6 Å². The number of carbonyl (C=O) groups is 1. The number of likely N-dealkylation sites (tertiary alicyclic amines) is 1. The Morgan fingerprint density at radius 2 is 2.10 bits per heavy atom. The highest BCUT2D eigenvalue weighted by molar-refractivity contribution is 7.90. The van der Waals surface area contributed by atoms with Crippen molar-refractivity contribution in [2.24, 2.45) is 5.92 Å². The molecule has 7 nitrogen and oxygen atoms in total. The van der Waals surface area contributed by atoms with Crippen LogP contribution in [-0.4, -0.2) is 54.1 Å². The summed E-state index contributed by atoms with van der Waals surface area (Å²) in [6.07, 6.45) is 10.8. The zero-order chi connectivity index (χ0) is 20.4. The fourth-order valence-electron chi connectivity index (χ4n) is 4.30. The smallest absolute Gasteiger partial charge is 0.258 e. The fourth-order valence-corrected chi connectivity index (χ4v) is 4.72. The van der Waals surface area contributed by atoms with E-state index >= 15 is 0 Å². The number of allylic oxidation sites excluding steroid dienone is 2. The summed E-state index contributed by atoms with van der Waals surface area (Å²) < 4.78 is 29.4. The van der Waals surface area contributed by atoms with E-state index in [4.69, 9.17) is 4.74 Å². The minimum atomic E-state index is -3.14. The topological polar surface area (TPSA) is 81.5 Å². The fraction of sp³-hybridized carbons (Fsp3) is 0.524. The second kappa shape index (κ2) is 8.28. The predicted octanol–water partition coefficient (Wildman–Crippen LogP) is 2.98. The number of piperidine rings is 1. The quantitative estimate of drug-likeness (QED) is 0.675. The third-order valence-electron chi connectivity index (χ3n) is 5.66. The minimum Gasteiger partial charge on any atom is -0.364 e. The van der Waals surface area contributed by atoms with E-state index in [-0.39, 0.29) is 18.5 Å². The number of sulfone groups is 1. The molecule has 2 aliphatic rings. The van der Waals surface area contributed by atoms with Crippen LogP contribution in [-0.2, 0) is 21.1 Å². The normalized spacial score (nSPS) is 19.8. The van der Waals surface area contributed by atoms with E-state index in [1.54, 1.807) is 6.33 Å². The molecular formula is C21H27N3O4S. The molecular weight excluding hydrogens is 390 g/mol. The Labute approximate surface area is 171 Å². The van der Waals surface area contributed by atoms with E-state index in [2.05, 4.69) is 11.1 Å². The van der Waals surface area contributed by atoms with Gasteiger partial charge in [-0.15, -0.1) is 0 Å². The van der Waals surface area contributed by atoms with Gasteiger partial charge >= 0.3 is 0 Å². The van der Waals surface area contributed by atoms with Crippen molar-refractivity contribution in [2.75, 3.05) is 25.3 Å². The van der Waals surface area contributed by atoms with Gasteiger partial charge in [-0.2, -0.15) is 0 Å². The van der Waals surface area contributed by atoms with Gasteiger partial charge in [-0.1, -0.05) is 6.08 Å². The highest BCUT2D eigenvalue weighted by Gasteiger charge is 2.30. The van der Waals surface area contributed by atoms with Crippen LogP contribution in [0.2, 0.25) is 0 Å². The average molecular weight is 418 g/mol. The lowest BCUT2D eigenvalue weighted by atomic mass is 9.84. The number of amides is 1. The van der Waals surface area contributed by atoms with Crippen LogP contribution >= 0.6 is 0 Å². The lowest BCUT2D eigenvalue weighted by molar-refractivity contribution is 0.0749. The summed E-state index contributed by atoms with van der Waals surface area (Å²) in [5.41, 5.74) is 3.52. The summed E-state index contributed by atoms with van der Waals surface area (Å²) in [6.45, 7) is 1.56. The Bertz CT molecular complexity index is 1040. The molecule has 1 saturated heterocycles. The van der Waals surface area contributed by atoms with Crippen LogP contribution < -0.4 is 0 Å². The zero-order valence-electron chi connectivity index (χ0n) is 16.7. The van der Waals surface area contributed by atoms with Crippen LogP contribution in [0.25, 0.3) is 11.0 Å². The summed E-state index contributed by atoms with van der Waals surface area (Å²) in [6, 6.07) is 5.61. The van der Waals surface area contributed by atoms with Crippen LogP contribution in [0.15, 0.2) is 36.3 Å². The number of hydrogen-bond acceptors (Lipinski definition) is 5. The first-order chi connectivity index (χ1) is 13.9. The number of imidazole rings is 1. The van der Waals surface area contributed by atoms with Gasteiger partial charge in [0.05, 0.1) is 24.0 Å². The SMILES string of the molecule is CS(=O)(=O)COCCn1cnc2cc(C(=O)N3CCCC4CCCC=C43)ccc21. The van der Waals surface area contributed by atoms with E-state index in [1.807, 2.05) is 27.7 Å². The molecule has 2 aromatic rings. The van der Waals surface area contributed by atoms with Gasteiger partial charge in [0.2, 0.25) is 0 Å². The summed E-state index contributed by atoms with van der Waals surface area (Å²) in [7, 11) is -3.14. The predicted molar refractivity (Wildman–Crippen MR) is 111 cm³/mol. The number of aromatic nitrogens is 2. The van der Waals surface area contributed by atoms with Gasteiger partial charge in [0, 0.05) is 30.6 Å². The second-order valence-corrected chi connectivity index (χ2v) is 10.0. The maximum Gasteiger partial charge on any atom is 0.258 e. The molecule has 1 fully saturated rings. The first-order valence-electron chi connectivity index (χ1n) is 10.1. The molecule has 1 amide bonds. The molecule has 1 aliphatic carbocycles. The van der Waals surface area contributed by atoms with Gasteiger partial charge in [-0.05, 0) is 56.2 Å². The van der Waals surface area contributed by atoms with Gasteiger partial charge in [0.1, 0.15) is 5.94 Å². The highest BCUT2D eigenvalue weighted by atomic mass is 32.2. The summed E-state index contributed by atoms with van der Waals surface area (Å²) in [4.78, 5) is 19.6. The molecule has 1 aromatic heterocycles. The summed E-state index contributed by atoms with van der Waals surface area (Å²) in [5, 5.41) is 0. The van der Waals surface area contributed by atoms with Gasteiger partial charge in [0.15, 0.2) is 9.84 Å². The number of rotatable bonds is 6. The highest BCUT2D eigenvalue weighted by Crippen LogP contribution is 2.35. The van der Waals surface area contributed by atoms with Gasteiger partial charge < -0.3 is 14.2 Å². The van der Waals surface area contributed by atoms with E-state index in [0.29, 0.717) is 18.0 Å². The first-order valence-corrected chi connectivity index (χ1v) is 12.2. The van der Waals surface area contributed by atoms with Crippen molar-refractivity contribution in [3.8, 4) is 0 Å². The van der Waals surface area contributed by atoms with Crippen molar-refractivity contribution in [1.82, 2.24) is 14.5 Å². The first kappa shape index (κ1) is 20.1. The summed E-state index contributed by atoms with van der Waals surface area (Å²) >= 11 is 0. The van der Waals surface area contributed by atoms with Crippen LogP contribution in [0, 0.1) is 5.92 Å². The molecule has 0 saturated carbocycles. The molecule has 1 unspecified atom stereocenters. The van der Waals surface area contributed by atoms with Crippen LogP contribution in [0.1, 0.15) is 42.5 Å². The maximum atomic E-state index is 13.2. The number of nitrogens with zero attached hydrogens (tertiary/aromatic N) is 3. The van der Waals surface area contributed by atoms with E-state index in [1.165, 1.54) is 25.0 Å². The molecule has 0 radical (unpaired) electrons. The maximum absolute atomic E-state index is 13.2. The Hall–Kier alpha value is -2.19. The third kappa shape index (κ3) is 4.53. The lowest BCUT2D eigenvalue weighted by Gasteiger charge is -2.38. The van der Waals surface area contributed by atoms with E-state index < -0.39 is 9.84 Å². The zero-order valence-corrected chi connectivity index (χ0v) is 17.5. The third-order valence-corrected chi connectivity index (χ3v) is 6.26. The van der Waals surface area contributed by atoms with Crippen molar-refractivity contribution < 1.29 is 17.9 Å². The molecule has 1 atom stereocenters. The summed E-state index contributed by atoms with van der Waals surface area (Å²) in [5.74, 6) is 0.289. The monoisotopic (exact) mass is 417 g/mol. The molecule has 4 rings (SSSR count). The number of fused-ring (bicyclic) bond motifs is 2. The van der Waals surface area contributed by atoms with Crippen molar-refractivity contribution >= 4 is 26.8 Å². The van der Waals surface area contributed by atoms with Crippen molar-refractivity contribution in [1.29, 1.82) is 0 Å². The Balaban J connectivity index is 1.48.